The van der Waals surface area contributed by atoms with Gasteiger partial charge >= 0.3 is 0 Å². The number of hydrogen-bond acceptors (Lipinski definition) is 3. The van der Waals surface area contributed by atoms with Gasteiger partial charge < -0.3 is 5.32 Å². The van der Waals surface area contributed by atoms with Crippen LogP contribution in [0, 0.1) is 27.7 Å². The van der Waals surface area contributed by atoms with Gasteiger partial charge in [0.25, 0.3) is 0 Å². The predicted molar refractivity (Wildman–Crippen MR) is 88.3 cm³/mol. The lowest BCUT2D eigenvalue weighted by molar-refractivity contribution is 1.04. The standard InChI is InChI=1S/C16H20BrN3/c1-6-18-15-11(4)12(5)19-16(20-15)13-7-9(2)14(17)10(3)8-13/h7-8H,6H2,1-5H3,(H,18,19,20). The molecule has 0 aliphatic carbocycles. The van der Waals surface area contributed by atoms with Crippen LogP contribution in [0.15, 0.2) is 16.6 Å². The van der Waals surface area contributed by atoms with Gasteiger partial charge in [-0.3, -0.25) is 0 Å². The fraction of sp³-hybridized carbons (Fsp3) is 0.375. The van der Waals surface area contributed by atoms with E-state index in [1.165, 1.54) is 11.1 Å². The van der Waals surface area contributed by atoms with Crippen LogP contribution in [0.5, 0.6) is 0 Å². The van der Waals surface area contributed by atoms with E-state index in [-0.39, 0.29) is 0 Å². The number of hydrogen-bond donors (Lipinski definition) is 1. The van der Waals surface area contributed by atoms with Gasteiger partial charge in [-0.25, -0.2) is 9.97 Å². The number of nitrogens with one attached hydrogen (secondary N) is 1. The molecule has 0 radical (unpaired) electrons. The maximum atomic E-state index is 4.67. The molecule has 2 rings (SSSR count). The molecule has 20 heavy (non-hydrogen) atoms. The van der Waals surface area contributed by atoms with Gasteiger partial charge in [0.15, 0.2) is 5.82 Å². The molecule has 0 amide bonds. The molecular weight excluding hydrogens is 314 g/mol. The molecule has 4 heteroatoms. The highest BCUT2D eigenvalue weighted by Gasteiger charge is 2.11. The quantitative estimate of drug-likeness (QED) is 0.893. The zero-order chi connectivity index (χ0) is 14.9. The Morgan fingerprint density at radius 3 is 2.20 bits per heavy atom. The monoisotopic (exact) mass is 333 g/mol. The second-order valence-corrected chi connectivity index (χ2v) is 5.85. The van der Waals surface area contributed by atoms with Crippen molar-refractivity contribution in [2.45, 2.75) is 34.6 Å². The van der Waals surface area contributed by atoms with E-state index < -0.39 is 0 Å². The Morgan fingerprint density at radius 1 is 1.05 bits per heavy atom. The number of anilines is 1. The molecule has 1 aromatic carbocycles. The summed E-state index contributed by atoms with van der Waals surface area (Å²) in [5, 5.41) is 3.31. The van der Waals surface area contributed by atoms with Crippen LogP contribution in [-0.4, -0.2) is 16.5 Å². The van der Waals surface area contributed by atoms with Gasteiger partial charge in [0.05, 0.1) is 0 Å². The fourth-order valence-corrected chi connectivity index (χ4v) is 2.40. The molecule has 0 saturated heterocycles. The summed E-state index contributed by atoms with van der Waals surface area (Å²) >= 11 is 3.60. The highest BCUT2D eigenvalue weighted by atomic mass is 79.9. The summed E-state index contributed by atoms with van der Waals surface area (Å²) in [6, 6.07) is 4.24. The zero-order valence-corrected chi connectivity index (χ0v) is 14.2. The van der Waals surface area contributed by atoms with Gasteiger partial charge in [0, 0.05) is 27.8 Å². The van der Waals surface area contributed by atoms with Gasteiger partial charge in [-0.05, 0) is 57.9 Å². The van der Waals surface area contributed by atoms with Gasteiger partial charge in [-0.1, -0.05) is 15.9 Å². The Morgan fingerprint density at radius 2 is 1.65 bits per heavy atom. The Labute approximate surface area is 129 Å². The zero-order valence-electron chi connectivity index (χ0n) is 12.6. The number of aromatic nitrogens is 2. The van der Waals surface area contributed by atoms with Crippen molar-refractivity contribution in [2.24, 2.45) is 0 Å². The molecule has 1 N–H and O–H groups in total. The third kappa shape index (κ3) is 2.85. The topological polar surface area (TPSA) is 37.8 Å². The van der Waals surface area contributed by atoms with E-state index in [4.69, 9.17) is 0 Å². The van der Waals surface area contributed by atoms with E-state index in [9.17, 15) is 0 Å². The number of aryl methyl sites for hydroxylation is 3. The first-order valence-corrected chi connectivity index (χ1v) is 7.59. The Hall–Kier alpha value is -1.42. The number of nitrogens with zero attached hydrogens (tertiary/aromatic N) is 2. The van der Waals surface area contributed by atoms with Crippen LogP contribution in [-0.2, 0) is 0 Å². The summed E-state index contributed by atoms with van der Waals surface area (Å²) in [7, 11) is 0. The molecular formula is C16H20BrN3. The molecule has 1 aromatic heterocycles. The lowest BCUT2D eigenvalue weighted by Crippen LogP contribution is -2.06. The van der Waals surface area contributed by atoms with Crippen molar-refractivity contribution in [1.82, 2.24) is 9.97 Å². The van der Waals surface area contributed by atoms with Gasteiger partial charge in [0.2, 0.25) is 0 Å². The minimum absolute atomic E-state index is 0.780. The van der Waals surface area contributed by atoms with E-state index in [0.717, 1.165) is 39.5 Å². The van der Waals surface area contributed by atoms with Crippen molar-refractivity contribution in [3.05, 3.63) is 39.0 Å². The first kappa shape index (κ1) is 15.0. The highest BCUT2D eigenvalue weighted by Crippen LogP contribution is 2.28. The van der Waals surface area contributed by atoms with Gasteiger partial charge in [-0.2, -0.15) is 0 Å². The summed E-state index contributed by atoms with van der Waals surface area (Å²) < 4.78 is 1.15. The van der Waals surface area contributed by atoms with Crippen molar-refractivity contribution >= 4 is 21.7 Å². The van der Waals surface area contributed by atoms with Crippen LogP contribution in [0.1, 0.15) is 29.3 Å². The van der Waals surface area contributed by atoms with E-state index in [2.05, 4.69) is 71.0 Å². The second-order valence-electron chi connectivity index (χ2n) is 5.06. The normalized spacial score (nSPS) is 10.7. The van der Waals surface area contributed by atoms with E-state index in [0.29, 0.717) is 0 Å². The van der Waals surface area contributed by atoms with Crippen LogP contribution >= 0.6 is 15.9 Å². The summed E-state index contributed by atoms with van der Waals surface area (Å²) in [5.74, 6) is 1.70. The summed E-state index contributed by atoms with van der Waals surface area (Å²) in [6.07, 6.45) is 0. The maximum absolute atomic E-state index is 4.67. The average Bonchev–Trinajstić information content (AvgIpc) is 2.40. The molecule has 0 unspecified atom stereocenters. The molecule has 0 spiro atoms. The van der Waals surface area contributed by atoms with Gasteiger partial charge in [0.1, 0.15) is 5.82 Å². The summed E-state index contributed by atoms with van der Waals surface area (Å²) in [6.45, 7) is 11.2. The highest BCUT2D eigenvalue weighted by molar-refractivity contribution is 9.10. The Bertz CT molecular complexity index is 627. The van der Waals surface area contributed by atoms with Crippen molar-refractivity contribution in [1.29, 1.82) is 0 Å². The van der Waals surface area contributed by atoms with E-state index >= 15 is 0 Å². The molecule has 0 aliphatic rings. The summed E-state index contributed by atoms with van der Waals surface area (Å²) in [5.41, 5.74) is 5.59. The molecule has 0 fully saturated rings. The molecule has 3 nitrogen and oxygen atoms in total. The molecule has 2 aromatic rings. The summed E-state index contributed by atoms with van der Waals surface area (Å²) in [4.78, 5) is 9.30. The Balaban J connectivity index is 2.58. The molecule has 1 heterocycles. The number of halogens is 1. The number of benzene rings is 1. The predicted octanol–water partition coefficient (Wildman–Crippen LogP) is 4.57. The van der Waals surface area contributed by atoms with Crippen molar-refractivity contribution in [3.63, 3.8) is 0 Å². The maximum Gasteiger partial charge on any atom is 0.161 e. The third-order valence-electron chi connectivity index (χ3n) is 3.43. The minimum Gasteiger partial charge on any atom is -0.370 e. The first-order valence-electron chi connectivity index (χ1n) is 6.80. The van der Waals surface area contributed by atoms with Crippen molar-refractivity contribution in [3.8, 4) is 11.4 Å². The van der Waals surface area contributed by atoms with Crippen LogP contribution in [0.25, 0.3) is 11.4 Å². The lowest BCUT2D eigenvalue weighted by Gasteiger charge is -2.12. The van der Waals surface area contributed by atoms with Crippen molar-refractivity contribution in [2.75, 3.05) is 11.9 Å². The largest absolute Gasteiger partial charge is 0.370 e. The lowest BCUT2D eigenvalue weighted by atomic mass is 10.1. The van der Waals surface area contributed by atoms with Gasteiger partial charge in [-0.15, -0.1) is 0 Å². The fourth-order valence-electron chi connectivity index (χ4n) is 2.17. The molecule has 106 valence electrons. The van der Waals surface area contributed by atoms with E-state index in [1.807, 2.05) is 6.92 Å². The van der Waals surface area contributed by atoms with Crippen LogP contribution in [0.4, 0.5) is 5.82 Å². The Kier molecular flexibility index (Phi) is 4.43. The third-order valence-corrected chi connectivity index (χ3v) is 4.68. The SMILES string of the molecule is CCNc1nc(-c2cc(C)c(Br)c(C)c2)nc(C)c1C. The smallest absolute Gasteiger partial charge is 0.161 e. The van der Waals surface area contributed by atoms with Crippen molar-refractivity contribution < 1.29 is 0 Å². The average molecular weight is 334 g/mol. The van der Waals surface area contributed by atoms with Crippen LogP contribution < -0.4 is 5.32 Å². The molecule has 0 saturated carbocycles. The number of rotatable bonds is 3. The molecule has 0 bridgehead atoms. The second kappa shape index (κ2) is 5.92. The minimum atomic E-state index is 0.780. The molecule has 0 atom stereocenters. The van der Waals surface area contributed by atoms with Crippen LogP contribution in [0.2, 0.25) is 0 Å². The van der Waals surface area contributed by atoms with E-state index in [1.54, 1.807) is 0 Å². The van der Waals surface area contributed by atoms with Crippen LogP contribution in [0.3, 0.4) is 0 Å². The molecule has 0 aliphatic heterocycles. The first-order chi connectivity index (χ1) is 9.43.